The van der Waals surface area contributed by atoms with Gasteiger partial charge in [0.2, 0.25) is 0 Å². The van der Waals surface area contributed by atoms with Crippen molar-refractivity contribution in [1.82, 2.24) is 9.97 Å². The minimum atomic E-state index is -4.45. The maximum absolute atomic E-state index is 12.6. The van der Waals surface area contributed by atoms with E-state index in [1.807, 2.05) is 0 Å². The Morgan fingerprint density at radius 3 is 2.45 bits per heavy atom. The number of benzene rings is 1. The van der Waals surface area contributed by atoms with E-state index in [1.165, 1.54) is 12.4 Å². The molecule has 0 aliphatic heterocycles. The lowest BCUT2D eigenvalue weighted by atomic mass is 10.2. The fourth-order valence-corrected chi connectivity index (χ4v) is 1.60. The number of nitrogen functional groups attached to an aromatic ring is 1. The lowest BCUT2D eigenvalue weighted by Gasteiger charge is -2.12. The van der Waals surface area contributed by atoms with Crippen molar-refractivity contribution in [2.45, 2.75) is 6.18 Å². The maximum Gasteiger partial charge on any atom is 0.416 e. The predicted molar refractivity (Wildman–Crippen MR) is 69.6 cm³/mol. The molecule has 1 aromatic carbocycles. The summed E-state index contributed by atoms with van der Waals surface area (Å²) in [7, 11) is 0. The standard InChI is InChI=1S/C11H9ClF3N5/c12-7-2-1-6(11(13,14)15)3-8(7)19-9-4-10(20-16)18-5-17-9/h1-5H,16H2,(H2,17,18,19,20). The molecular weight excluding hydrogens is 295 g/mol. The summed E-state index contributed by atoms with van der Waals surface area (Å²) >= 11 is 5.86. The van der Waals surface area contributed by atoms with Crippen molar-refractivity contribution >= 4 is 28.9 Å². The minimum absolute atomic E-state index is 0.0863. The highest BCUT2D eigenvalue weighted by Gasteiger charge is 2.31. The molecule has 9 heteroatoms. The molecule has 2 rings (SSSR count). The van der Waals surface area contributed by atoms with E-state index in [4.69, 9.17) is 17.4 Å². The van der Waals surface area contributed by atoms with Gasteiger partial charge in [-0.3, -0.25) is 0 Å². The van der Waals surface area contributed by atoms with Gasteiger partial charge in [-0.25, -0.2) is 15.8 Å². The Kier molecular flexibility index (Phi) is 3.96. The third kappa shape index (κ3) is 3.28. The number of hydrogen-bond donors (Lipinski definition) is 3. The van der Waals surface area contributed by atoms with Crippen molar-refractivity contribution in [2.75, 3.05) is 10.7 Å². The largest absolute Gasteiger partial charge is 0.416 e. The molecule has 106 valence electrons. The summed E-state index contributed by atoms with van der Waals surface area (Å²) in [6.45, 7) is 0. The molecule has 0 aliphatic carbocycles. The third-order valence-corrected chi connectivity index (χ3v) is 2.70. The molecule has 0 aliphatic rings. The quantitative estimate of drug-likeness (QED) is 0.600. The van der Waals surface area contributed by atoms with Gasteiger partial charge in [-0.15, -0.1) is 0 Å². The van der Waals surface area contributed by atoms with Crippen LogP contribution in [-0.2, 0) is 6.18 Å². The first-order valence-electron chi connectivity index (χ1n) is 5.32. The van der Waals surface area contributed by atoms with E-state index in [0.29, 0.717) is 5.82 Å². The van der Waals surface area contributed by atoms with Gasteiger partial charge in [-0.1, -0.05) is 11.6 Å². The molecule has 0 saturated heterocycles. The molecule has 1 heterocycles. The van der Waals surface area contributed by atoms with E-state index >= 15 is 0 Å². The number of hydrazine groups is 1. The number of rotatable bonds is 3. The Morgan fingerprint density at radius 2 is 1.80 bits per heavy atom. The van der Waals surface area contributed by atoms with Gasteiger partial charge < -0.3 is 10.7 Å². The zero-order valence-electron chi connectivity index (χ0n) is 9.87. The van der Waals surface area contributed by atoms with E-state index in [0.717, 1.165) is 18.2 Å². The molecule has 0 radical (unpaired) electrons. The summed E-state index contributed by atoms with van der Waals surface area (Å²) in [5, 5.41) is 2.82. The number of alkyl halides is 3. The van der Waals surface area contributed by atoms with Crippen LogP contribution in [0.1, 0.15) is 5.56 Å². The van der Waals surface area contributed by atoms with Crippen molar-refractivity contribution in [2.24, 2.45) is 5.84 Å². The number of anilines is 3. The molecule has 0 atom stereocenters. The summed E-state index contributed by atoms with van der Waals surface area (Å²) in [6, 6.07) is 4.40. The predicted octanol–water partition coefficient (Wildman–Crippen LogP) is 3.18. The Labute approximate surface area is 117 Å². The van der Waals surface area contributed by atoms with Crippen LogP contribution in [-0.4, -0.2) is 9.97 Å². The number of nitrogens with two attached hydrogens (primary N) is 1. The molecule has 2 aromatic rings. The van der Waals surface area contributed by atoms with Crippen molar-refractivity contribution in [3.05, 3.63) is 41.2 Å². The van der Waals surface area contributed by atoms with Gasteiger partial charge in [0.15, 0.2) is 0 Å². The van der Waals surface area contributed by atoms with Crippen molar-refractivity contribution < 1.29 is 13.2 Å². The highest BCUT2D eigenvalue weighted by molar-refractivity contribution is 6.33. The van der Waals surface area contributed by atoms with Crippen LogP contribution < -0.4 is 16.6 Å². The van der Waals surface area contributed by atoms with Gasteiger partial charge in [0.25, 0.3) is 0 Å². The monoisotopic (exact) mass is 303 g/mol. The Morgan fingerprint density at radius 1 is 1.10 bits per heavy atom. The van der Waals surface area contributed by atoms with Gasteiger partial charge in [0.05, 0.1) is 16.3 Å². The molecule has 4 N–H and O–H groups in total. The molecule has 20 heavy (non-hydrogen) atoms. The van der Waals surface area contributed by atoms with Crippen LogP contribution in [0.15, 0.2) is 30.6 Å². The van der Waals surface area contributed by atoms with Crippen LogP contribution in [0.25, 0.3) is 0 Å². The van der Waals surface area contributed by atoms with Crippen molar-refractivity contribution in [1.29, 1.82) is 0 Å². The highest BCUT2D eigenvalue weighted by Crippen LogP contribution is 2.34. The summed E-state index contributed by atoms with van der Waals surface area (Å²) in [6.07, 6.45) is -3.24. The molecule has 0 bridgehead atoms. The molecule has 0 unspecified atom stereocenters. The first-order valence-corrected chi connectivity index (χ1v) is 5.70. The second-order valence-corrected chi connectivity index (χ2v) is 4.16. The van der Waals surface area contributed by atoms with E-state index in [-0.39, 0.29) is 16.5 Å². The molecule has 0 fully saturated rings. The Bertz CT molecular complexity index is 617. The van der Waals surface area contributed by atoms with Crippen LogP contribution in [0.3, 0.4) is 0 Å². The van der Waals surface area contributed by atoms with Gasteiger partial charge in [0.1, 0.15) is 18.0 Å². The van der Waals surface area contributed by atoms with Crippen LogP contribution >= 0.6 is 11.6 Å². The lowest BCUT2D eigenvalue weighted by molar-refractivity contribution is -0.137. The molecule has 0 saturated carbocycles. The van der Waals surface area contributed by atoms with E-state index in [1.54, 1.807) is 0 Å². The summed E-state index contributed by atoms with van der Waals surface area (Å²) in [5.41, 5.74) is 1.58. The number of hydrogen-bond acceptors (Lipinski definition) is 5. The maximum atomic E-state index is 12.6. The first kappa shape index (κ1) is 14.4. The van der Waals surface area contributed by atoms with Crippen LogP contribution in [0.5, 0.6) is 0 Å². The number of halogens is 4. The average Bonchev–Trinajstić information content (AvgIpc) is 2.40. The second kappa shape index (κ2) is 5.51. The minimum Gasteiger partial charge on any atom is -0.339 e. The summed E-state index contributed by atoms with van der Waals surface area (Å²) in [4.78, 5) is 7.64. The molecule has 0 spiro atoms. The Balaban J connectivity index is 2.32. The van der Waals surface area contributed by atoms with Crippen LogP contribution in [0.4, 0.5) is 30.5 Å². The van der Waals surface area contributed by atoms with E-state index in [9.17, 15) is 13.2 Å². The van der Waals surface area contributed by atoms with E-state index < -0.39 is 11.7 Å². The topological polar surface area (TPSA) is 75.9 Å². The zero-order valence-corrected chi connectivity index (χ0v) is 10.6. The Hall–Kier alpha value is -2.06. The first-order chi connectivity index (χ1) is 9.40. The smallest absolute Gasteiger partial charge is 0.339 e. The van der Waals surface area contributed by atoms with E-state index in [2.05, 4.69) is 20.7 Å². The fourth-order valence-electron chi connectivity index (χ4n) is 1.44. The normalized spacial score (nSPS) is 11.2. The zero-order chi connectivity index (χ0) is 14.8. The summed E-state index contributed by atoms with van der Waals surface area (Å²) in [5.74, 6) is 5.75. The van der Waals surface area contributed by atoms with Crippen LogP contribution in [0.2, 0.25) is 5.02 Å². The van der Waals surface area contributed by atoms with Crippen LogP contribution in [0, 0.1) is 0 Å². The van der Waals surface area contributed by atoms with Gasteiger partial charge in [-0.05, 0) is 18.2 Å². The van der Waals surface area contributed by atoms with Gasteiger partial charge in [-0.2, -0.15) is 13.2 Å². The third-order valence-electron chi connectivity index (χ3n) is 2.37. The molecular formula is C11H9ClF3N5. The second-order valence-electron chi connectivity index (χ2n) is 3.75. The molecule has 0 amide bonds. The van der Waals surface area contributed by atoms with Gasteiger partial charge in [0, 0.05) is 6.07 Å². The SMILES string of the molecule is NNc1cc(Nc2cc(C(F)(F)F)ccc2Cl)ncn1. The number of nitrogens with zero attached hydrogens (tertiary/aromatic N) is 2. The molecule has 1 aromatic heterocycles. The number of nitrogens with one attached hydrogen (secondary N) is 2. The molecule has 5 nitrogen and oxygen atoms in total. The van der Waals surface area contributed by atoms with Crippen molar-refractivity contribution in [3.63, 3.8) is 0 Å². The van der Waals surface area contributed by atoms with Crippen molar-refractivity contribution in [3.8, 4) is 0 Å². The van der Waals surface area contributed by atoms with Gasteiger partial charge >= 0.3 is 6.18 Å². The highest BCUT2D eigenvalue weighted by atomic mass is 35.5. The average molecular weight is 304 g/mol. The number of aromatic nitrogens is 2. The fraction of sp³-hybridized carbons (Fsp3) is 0.0909. The lowest BCUT2D eigenvalue weighted by Crippen LogP contribution is -2.09. The summed E-state index contributed by atoms with van der Waals surface area (Å²) < 4.78 is 37.9.